The highest BCUT2D eigenvalue weighted by atomic mass is 79.9. The highest BCUT2D eigenvalue weighted by Gasteiger charge is 2.16. The zero-order valence-electron chi connectivity index (χ0n) is 15.5. The van der Waals surface area contributed by atoms with E-state index in [1.165, 1.54) is 17.1 Å². The minimum Gasteiger partial charge on any atom is -0.444 e. The lowest BCUT2D eigenvalue weighted by atomic mass is 10.2. The number of nitrogens with zero attached hydrogens (tertiary/aromatic N) is 4. The van der Waals surface area contributed by atoms with Crippen LogP contribution in [-0.2, 0) is 11.3 Å². The van der Waals surface area contributed by atoms with Crippen molar-refractivity contribution in [2.45, 2.75) is 39.8 Å². The number of hydrogen-bond donors (Lipinski definition) is 1. The first kappa shape index (κ1) is 20.8. The molecule has 0 saturated carbocycles. The zero-order valence-corrected chi connectivity index (χ0v) is 17.1. The zero-order chi connectivity index (χ0) is 20.2. The maximum absolute atomic E-state index is 13.2. The molecule has 1 amide bonds. The summed E-state index contributed by atoms with van der Waals surface area (Å²) < 4.78 is 21.4. The number of pyridine rings is 1. The minimum atomic E-state index is -0.670. The summed E-state index contributed by atoms with van der Waals surface area (Å²) in [5.74, 6) is 0. The molecule has 1 N–H and O–H groups in total. The van der Waals surface area contributed by atoms with Gasteiger partial charge >= 0.3 is 11.8 Å². The molecule has 2 aromatic heterocycles. The summed E-state index contributed by atoms with van der Waals surface area (Å²) in [6.45, 7) is 6.81. The number of carbonyl (C=O) groups excluding carboxylic acids is 1. The van der Waals surface area contributed by atoms with Gasteiger partial charge in [0.05, 0.1) is 24.8 Å². The number of halogens is 2. The fourth-order valence-electron chi connectivity index (χ4n) is 2.12. The minimum absolute atomic E-state index is 0.107. The Morgan fingerprint density at radius 2 is 2.15 bits per heavy atom. The number of carbonyl (C=O) groups is 1. The highest BCUT2D eigenvalue weighted by molar-refractivity contribution is 9.10. The first-order chi connectivity index (χ1) is 12.6. The van der Waals surface area contributed by atoms with Gasteiger partial charge in [-0.25, -0.2) is 28.2 Å². The maximum atomic E-state index is 13.2. The number of nitrogens with one attached hydrogen (secondary N) is 1. The second-order valence-electron chi connectivity index (χ2n) is 6.87. The quantitative estimate of drug-likeness (QED) is 0.720. The Labute approximate surface area is 164 Å². The molecule has 0 unspecified atom stereocenters. The molecule has 0 aliphatic rings. The van der Waals surface area contributed by atoms with Crippen LogP contribution >= 0.6 is 15.9 Å². The number of aryl methyl sites for hydroxylation is 1. The number of alkyl carbamates (subject to hydrolysis) is 1. The summed E-state index contributed by atoms with van der Waals surface area (Å²) in [6.07, 6.45) is 2.54. The highest BCUT2D eigenvalue weighted by Crippen LogP contribution is 2.15. The maximum Gasteiger partial charge on any atom is 0.407 e. The van der Waals surface area contributed by atoms with Crippen LogP contribution in [0.4, 0.5) is 9.18 Å². The van der Waals surface area contributed by atoms with Crippen LogP contribution in [-0.4, -0.2) is 37.6 Å². The number of ether oxygens (including phenoxy) is 1. The van der Waals surface area contributed by atoms with Crippen LogP contribution in [0.15, 0.2) is 39.9 Å². The van der Waals surface area contributed by atoms with Gasteiger partial charge in [0.2, 0.25) is 0 Å². The predicted molar refractivity (Wildman–Crippen MR) is 101 cm³/mol. The molecule has 0 atom stereocenters. The van der Waals surface area contributed by atoms with Gasteiger partial charge in [0, 0.05) is 6.54 Å². The third-order valence-electron chi connectivity index (χ3n) is 3.38. The summed E-state index contributed by atoms with van der Waals surface area (Å²) in [6, 6.07) is 1.78. The molecule has 0 saturated heterocycles. The average Bonchev–Trinajstić information content (AvgIpc) is 2.93. The molecule has 27 heavy (non-hydrogen) atoms. The Hall–Kier alpha value is -2.49. The molecular weight excluding hydrogens is 421 g/mol. The number of aromatic nitrogens is 4. The summed E-state index contributed by atoms with van der Waals surface area (Å²) >= 11 is 3.30. The Morgan fingerprint density at radius 1 is 1.44 bits per heavy atom. The Balaban J connectivity index is 2.08. The molecule has 8 nitrogen and oxygen atoms in total. The molecule has 0 bridgehead atoms. The van der Waals surface area contributed by atoms with Crippen molar-refractivity contribution in [3.63, 3.8) is 0 Å². The number of rotatable bonds is 5. The van der Waals surface area contributed by atoms with E-state index in [0.29, 0.717) is 16.6 Å². The van der Waals surface area contributed by atoms with E-state index in [1.54, 1.807) is 26.8 Å². The number of hydrogen-bond acceptors (Lipinski definition) is 5. The van der Waals surface area contributed by atoms with Gasteiger partial charge in [-0.3, -0.25) is 0 Å². The summed E-state index contributed by atoms with van der Waals surface area (Å²) in [7, 11) is 0. The largest absolute Gasteiger partial charge is 0.444 e. The van der Waals surface area contributed by atoms with Crippen molar-refractivity contribution >= 4 is 22.0 Å². The van der Waals surface area contributed by atoms with E-state index < -0.39 is 17.4 Å². The van der Waals surface area contributed by atoms with E-state index in [2.05, 4.69) is 31.3 Å². The van der Waals surface area contributed by atoms with Crippen molar-refractivity contribution in [2.75, 3.05) is 6.54 Å². The van der Waals surface area contributed by atoms with Crippen LogP contribution in [0, 0.1) is 6.92 Å². The van der Waals surface area contributed by atoms with Gasteiger partial charge in [0.15, 0.2) is 0 Å². The van der Waals surface area contributed by atoms with E-state index >= 15 is 0 Å². The third kappa shape index (κ3) is 5.75. The molecule has 0 fully saturated rings. The van der Waals surface area contributed by atoms with Gasteiger partial charge in [-0.1, -0.05) is 0 Å². The van der Waals surface area contributed by atoms with Crippen LogP contribution in [0.3, 0.4) is 0 Å². The van der Waals surface area contributed by atoms with Crippen molar-refractivity contribution in [1.29, 1.82) is 0 Å². The molecular formula is C17H21BrFN5O3. The predicted octanol–water partition coefficient (Wildman–Crippen LogP) is 2.88. The fourth-order valence-corrected chi connectivity index (χ4v) is 2.34. The second kappa shape index (κ2) is 8.47. The Kier molecular flexibility index (Phi) is 6.53. The van der Waals surface area contributed by atoms with Gasteiger partial charge < -0.3 is 10.1 Å². The molecule has 0 spiro atoms. The molecule has 0 aliphatic carbocycles. The lowest BCUT2D eigenvalue weighted by Crippen LogP contribution is -2.34. The molecule has 2 aromatic rings. The lowest BCUT2D eigenvalue weighted by molar-refractivity contribution is 0.0532. The van der Waals surface area contributed by atoms with Gasteiger partial charge in [0.1, 0.15) is 16.5 Å². The first-order valence-electron chi connectivity index (χ1n) is 8.12. The van der Waals surface area contributed by atoms with E-state index in [-0.39, 0.29) is 18.7 Å². The Bertz CT molecular complexity index is 914. The van der Waals surface area contributed by atoms with E-state index in [9.17, 15) is 14.0 Å². The Morgan fingerprint density at radius 3 is 2.74 bits per heavy atom. The third-order valence-corrected chi connectivity index (χ3v) is 4.21. The standard InChI is InChI=1S/C17H21BrFN5O3/c1-11-5-13(8-20-14(11)18)23-10-22-24(16(23)26)9-12(6-19)7-21-15(25)27-17(2,3)4/h5-6,8,10H,7,9H2,1-4H3,(H,21,25). The van der Waals surface area contributed by atoms with Gasteiger partial charge in [-0.05, 0) is 60.8 Å². The fraction of sp³-hybridized carbons (Fsp3) is 0.412. The topological polar surface area (TPSA) is 91.0 Å². The van der Waals surface area contributed by atoms with Gasteiger partial charge in [0.25, 0.3) is 0 Å². The molecule has 0 aromatic carbocycles. The molecule has 2 rings (SSSR count). The van der Waals surface area contributed by atoms with E-state index in [4.69, 9.17) is 4.74 Å². The molecule has 0 aliphatic heterocycles. The first-order valence-corrected chi connectivity index (χ1v) is 8.92. The van der Waals surface area contributed by atoms with E-state index in [1.807, 2.05) is 6.92 Å². The molecule has 2 heterocycles. The van der Waals surface area contributed by atoms with Crippen LogP contribution < -0.4 is 11.0 Å². The summed E-state index contributed by atoms with van der Waals surface area (Å²) in [4.78, 5) is 28.3. The van der Waals surface area contributed by atoms with Crippen LogP contribution in [0.25, 0.3) is 5.69 Å². The van der Waals surface area contributed by atoms with Crippen LogP contribution in [0.5, 0.6) is 0 Å². The van der Waals surface area contributed by atoms with E-state index in [0.717, 1.165) is 10.2 Å². The molecule has 0 radical (unpaired) electrons. The molecule has 146 valence electrons. The smallest absolute Gasteiger partial charge is 0.407 e. The molecule has 10 heteroatoms. The average molecular weight is 442 g/mol. The van der Waals surface area contributed by atoms with Gasteiger partial charge in [-0.15, -0.1) is 0 Å². The number of amides is 1. The van der Waals surface area contributed by atoms with Crippen LogP contribution in [0.2, 0.25) is 0 Å². The van der Waals surface area contributed by atoms with Crippen molar-refractivity contribution < 1.29 is 13.9 Å². The summed E-state index contributed by atoms with van der Waals surface area (Å²) in [5, 5.41) is 6.44. The van der Waals surface area contributed by atoms with Gasteiger partial charge in [-0.2, -0.15) is 5.10 Å². The monoisotopic (exact) mass is 441 g/mol. The van der Waals surface area contributed by atoms with Crippen LogP contribution in [0.1, 0.15) is 26.3 Å². The second-order valence-corrected chi connectivity index (χ2v) is 7.62. The van der Waals surface area contributed by atoms with Crippen molar-refractivity contribution in [2.24, 2.45) is 0 Å². The van der Waals surface area contributed by atoms with Crippen molar-refractivity contribution in [1.82, 2.24) is 24.6 Å². The summed E-state index contributed by atoms with van der Waals surface area (Å²) in [5.41, 5.74) is 0.465. The SMILES string of the molecule is Cc1cc(-n2cnn(CC(=CF)CNC(=O)OC(C)(C)C)c2=O)cnc1Br. The normalized spacial score (nSPS) is 12.1. The van der Waals surface area contributed by atoms with Crippen molar-refractivity contribution in [3.8, 4) is 5.69 Å². The lowest BCUT2D eigenvalue weighted by Gasteiger charge is -2.19. The van der Waals surface area contributed by atoms with Crippen molar-refractivity contribution in [3.05, 3.63) is 51.1 Å².